The summed E-state index contributed by atoms with van der Waals surface area (Å²) in [5, 5.41) is 3.66. The van der Waals surface area contributed by atoms with Gasteiger partial charge in [-0.05, 0) is 56.9 Å². The molecule has 1 N–H and O–H groups in total. The van der Waals surface area contributed by atoms with Crippen LogP contribution in [0.1, 0.15) is 78.1 Å². The Morgan fingerprint density at radius 1 is 1.16 bits per heavy atom. The lowest BCUT2D eigenvalue weighted by atomic mass is 9.71. The maximum atomic E-state index is 3.80. The van der Waals surface area contributed by atoms with Gasteiger partial charge in [0.15, 0.2) is 0 Å². The predicted octanol–water partition coefficient (Wildman–Crippen LogP) is 5.32. The number of hydrogen-bond acceptors (Lipinski definition) is 1. The molecule has 1 aliphatic rings. The molecule has 0 aromatic carbocycles. The molecular weight excluding hydrogens is 230 g/mol. The predicted molar refractivity (Wildman–Crippen MR) is 86.5 cm³/mol. The second-order valence-electron chi connectivity index (χ2n) is 6.94. The highest BCUT2D eigenvalue weighted by Crippen LogP contribution is 2.47. The summed E-state index contributed by atoms with van der Waals surface area (Å²) in [6.07, 6.45) is 15.8. The molecule has 1 nitrogen and oxygen atoms in total. The third-order valence-electron chi connectivity index (χ3n) is 4.90. The Hall–Kier alpha value is -0.300. The first kappa shape index (κ1) is 16.8. The van der Waals surface area contributed by atoms with Crippen molar-refractivity contribution in [2.75, 3.05) is 7.05 Å². The van der Waals surface area contributed by atoms with E-state index < -0.39 is 0 Å². The van der Waals surface area contributed by atoms with Crippen LogP contribution in [0.4, 0.5) is 0 Å². The van der Waals surface area contributed by atoms with Gasteiger partial charge in [-0.2, -0.15) is 0 Å². The lowest BCUT2D eigenvalue weighted by Crippen LogP contribution is -2.43. The van der Waals surface area contributed by atoms with Crippen molar-refractivity contribution in [1.82, 2.24) is 5.32 Å². The van der Waals surface area contributed by atoms with E-state index in [9.17, 15) is 0 Å². The molecule has 0 heterocycles. The Kier molecular flexibility index (Phi) is 7.75. The van der Waals surface area contributed by atoms with Gasteiger partial charge in [-0.3, -0.25) is 0 Å². The monoisotopic (exact) mass is 265 g/mol. The molecule has 0 spiro atoms. The molecule has 1 heteroatoms. The average molecular weight is 265 g/mol. The van der Waals surface area contributed by atoms with Crippen LogP contribution in [0.2, 0.25) is 0 Å². The van der Waals surface area contributed by atoms with Crippen LogP contribution in [0.25, 0.3) is 0 Å². The van der Waals surface area contributed by atoms with Crippen LogP contribution in [0, 0.1) is 11.3 Å². The van der Waals surface area contributed by atoms with Crippen LogP contribution >= 0.6 is 0 Å². The molecule has 0 aromatic rings. The highest BCUT2D eigenvalue weighted by molar-refractivity contribution is 4.94. The van der Waals surface area contributed by atoms with E-state index in [0.29, 0.717) is 5.41 Å². The molecule has 1 fully saturated rings. The maximum absolute atomic E-state index is 3.80. The molecule has 19 heavy (non-hydrogen) atoms. The molecule has 0 aromatic heterocycles. The van der Waals surface area contributed by atoms with Crippen molar-refractivity contribution in [3.63, 3.8) is 0 Å². The zero-order valence-corrected chi connectivity index (χ0v) is 13.5. The number of nitrogens with one attached hydrogen (secondary N) is 1. The van der Waals surface area contributed by atoms with Crippen LogP contribution in [0.3, 0.4) is 0 Å². The highest BCUT2D eigenvalue weighted by atomic mass is 14.9. The van der Waals surface area contributed by atoms with Gasteiger partial charge in [-0.1, -0.05) is 45.6 Å². The summed E-state index contributed by atoms with van der Waals surface area (Å²) in [5.41, 5.74) is 0.599. The first-order valence-electron chi connectivity index (χ1n) is 8.43. The number of allylic oxidation sites excluding steroid dienone is 1. The Morgan fingerprint density at radius 3 is 2.37 bits per heavy atom. The normalized spacial score (nSPS) is 19.8. The molecule has 1 atom stereocenters. The number of rotatable bonds is 10. The number of unbranched alkanes of at least 4 members (excludes halogenated alkanes) is 3. The fraction of sp³-hybridized carbons (Fsp3) is 0.889. The third kappa shape index (κ3) is 5.30. The molecule has 0 amide bonds. The Balaban J connectivity index is 2.46. The van der Waals surface area contributed by atoms with Crippen LogP contribution in [0.5, 0.6) is 0 Å². The van der Waals surface area contributed by atoms with E-state index in [1.807, 2.05) is 6.08 Å². The quantitative estimate of drug-likeness (QED) is 0.416. The summed E-state index contributed by atoms with van der Waals surface area (Å²) in [7, 11) is 2.18. The van der Waals surface area contributed by atoms with E-state index >= 15 is 0 Å². The van der Waals surface area contributed by atoms with Crippen LogP contribution in [0.15, 0.2) is 12.7 Å². The van der Waals surface area contributed by atoms with Gasteiger partial charge in [0.1, 0.15) is 0 Å². The van der Waals surface area contributed by atoms with Gasteiger partial charge in [-0.25, -0.2) is 0 Å². The SMILES string of the molecule is C=CCCCCCC(NC)C1(CC(C)C)CCCC1. The maximum Gasteiger partial charge on any atom is 0.0121 e. The van der Waals surface area contributed by atoms with Crippen LogP contribution in [-0.4, -0.2) is 13.1 Å². The van der Waals surface area contributed by atoms with Crippen molar-refractivity contribution in [1.29, 1.82) is 0 Å². The van der Waals surface area contributed by atoms with Crippen LogP contribution in [-0.2, 0) is 0 Å². The van der Waals surface area contributed by atoms with Gasteiger partial charge < -0.3 is 5.32 Å². The molecule has 0 radical (unpaired) electrons. The molecular formula is C18H35N. The molecule has 0 aliphatic heterocycles. The van der Waals surface area contributed by atoms with E-state index in [0.717, 1.165) is 12.0 Å². The first-order chi connectivity index (χ1) is 9.14. The van der Waals surface area contributed by atoms with Gasteiger partial charge >= 0.3 is 0 Å². The molecule has 1 unspecified atom stereocenters. The Labute approximate surface area is 121 Å². The summed E-state index contributed by atoms with van der Waals surface area (Å²) in [4.78, 5) is 0. The van der Waals surface area contributed by atoms with Crippen molar-refractivity contribution in [2.45, 2.75) is 84.1 Å². The van der Waals surface area contributed by atoms with Crippen molar-refractivity contribution in [2.24, 2.45) is 11.3 Å². The van der Waals surface area contributed by atoms with E-state index in [2.05, 4.69) is 32.8 Å². The zero-order valence-electron chi connectivity index (χ0n) is 13.5. The van der Waals surface area contributed by atoms with Crippen molar-refractivity contribution in [3.05, 3.63) is 12.7 Å². The molecule has 1 saturated carbocycles. The second-order valence-corrected chi connectivity index (χ2v) is 6.94. The summed E-state index contributed by atoms with van der Waals surface area (Å²) in [6.45, 7) is 8.58. The van der Waals surface area contributed by atoms with Crippen molar-refractivity contribution < 1.29 is 0 Å². The van der Waals surface area contributed by atoms with Gasteiger partial charge in [-0.15, -0.1) is 6.58 Å². The van der Waals surface area contributed by atoms with Crippen molar-refractivity contribution in [3.8, 4) is 0 Å². The summed E-state index contributed by atoms with van der Waals surface area (Å²) < 4.78 is 0. The molecule has 1 aliphatic carbocycles. The second kappa shape index (κ2) is 8.79. The third-order valence-corrected chi connectivity index (χ3v) is 4.90. The highest BCUT2D eigenvalue weighted by Gasteiger charge is 2.40. The minimum absolute atomic E-state index is 0.599. The largest absolute Gasteiger partial charge is 0.316 e. The average Bonchev–Trinajstić information content (AvgIpc) is 2.82. The molecule has 0 bridgehead atoms. The minimum Gasteiger partial charge on any atom is -0.316 e. The zero-order chi connectivity index (χ0) is 14.1. The molecule has 0 saturated heterocycles. The number of hydrogen-bond donors (Lipinski definition) is 1. The van der Waals surface area contributed by atoms with Crippen molar-refractivity contribution >= 4 is 0 Å². The lowest BCUT2D eigenvalue weighted by Gasteiger charge is -2.39. The minimum atomic E-state index is 0.599. The first-order valence-corrected chi connectivity index (χ1v) is 8.43. The van der Waals surface area contributed by atoms with Gasteiger partial charge in [0, 0.05) is 6.04 Å². The smallest absolute Gasteiger partial charge is 0.0121 e. The molecule has 112 valence electrons. The Morgan fingerprint density at radius 2 is 1.84 bits per heavy atom. The van der Waals surface area contributed by atoms with Gasteiger partial charge in [0.05, 0.1) is 0 Å². The van der Waals surface area contributed by atoms with E-state index in [1.54, 1.807) is 0 Å². The van der Waals surface area contributed by atoms with E-state index in [4.69, 9.17) is 0 Å². The topological polar surface area (TPSA) is 12.0 Å². The summed E-state index contributed by atoms with van der Waals surface area (Å²) >= 11 is 0. The van der Waals surface area contributed by atoms with E-state index in [-0.39, 0.29) is 0 Å². The van der Waals surface area contributed by atoms with Gasteiger partial charge in [0.2, 0.25) is 0 Å². The van der Waals surface area contributed by atoms with E-state index in [1.165, 1.54) is 64.2 Å². The Bertz CT molecular complexity index is 238. The summed E-state index contributed by atoms with van der Waals surface area (Å²) in [5.74, 6) is 0.828. The summed E-state index contributed by atoms with van der Waals surface area (Å²) in [6, 6.07) is 0.737. The fourth-order valence-corrected chi connectivity index (χ4v) is 4.16. The van der Waals surface area contributed by atoms with Crippen LogP contribution < -0.4 is 5.32 Å². The van der Waals surface area contributed by atoms with Gasteiger partial charge in [0.25, 0.3) is 0 Å². The fourth-order valence-electron chi connectivity index (χ4n) is 4.16. The molecule has 1 rings (SSSR count). The standard InChI is InChI=1S/C18H35N/c1-5-6-7-8-9-12-17(19-4)18(15-16(2)3)13-10-11-14-18/h5,16-17,19H,1,6-15H2,2-4H3. The lowest BCUT2D eigenvalue weighted by molar-refractivity contribution is 0.151.